The number of nitrogens with zero attached hydrogens (tertiary/aromatic N) is 12. The molecule has 48 heavy (non-hydrogen) atoms. The third-order valence-electron chi connectivity index (χ3n) is 7.42. The second-order valence-electron chi connectivity index (χ2n) is 10.3. The van der Waals surface area contributed by atoms with Gasteiger partial charge in [-0.15, -0.1) is 0 Å². The molecule has 0 radical (unpaired) electrons. The van der Waals surface area contributed by atoms with Gasteiger partial charge in [0.05, 0.1) is 0 Å². The maximum Gasteiger partial charge on any atom is 0.160 e. The third-order valence-corrected chi connectivity index (χ3v) is 7.42. The normalized spacial score (nSPS) is 10.9. The smallest absolute Gasteiger partial charge is 0.160 e. The summed E-state index contributed by atoms with van der Waals surface area (Å²) in [4.78, 5) is 55.4. The molecule has 0 saturated heterocycles. The molecule has 0 bridgehead atoms. The highest BCUT2D eigenvalue weighted by atomic mass is 14.9. The minimum absolute atomic E-state index is 0.488. The van der Waals surface area contributed by atoms with Gasteiger partial charge in [-0.3, -0.25) is 0 Å². The van der Waals surface area contributed by atoms with E-state index in [2.05, 4.69) is 59.8 Å². The molecular weight excluding hydrogens is 600 g/mol. The van der Waals surface area contributed by atoms with Gasteiger partial charge in [0.1, 0.15) is 0 Å². The summed E-state index contributed by atoms with van der Waals surface area (Å²) in [7, 11) is 0. The Morgan fingerprint density at radius 2 is 0.417 bits per heavy atom. The van der Waals surface area contributed by atoms with Crippen molar-refractivity contribution in [2.45, 2.75) is 0 Å². The van der Waals surface area contributed by atoms with Crippen LogP contribution in [0.3, 0.4) is 0 Å². The molecule has 8 rings (SSSR count). The molecule has 0 fully saturated rings. The van der Waals surface area contributed by atoms with Gasteiger partial charge in [0, 0.05) is 108 Å². The Morgan fingerprint density at radius 1 is 0.229 bits per heavy atom. The Labute approximate surface area is 273 Å². The molecule has 6 aromatic heterocycles. The van der Waals surface area contributed by atoms with Gasteiger partial charge in [0.25, 0.3) is 0 Å². The van der Waals surface area contributed by atoms with Crippen LogP contribution in [0.15, 0.2) is 135 Å². The van der Waals surface area contributed by atoms with Gasteiger partial charge in [0.2, 0.25) is 0 Å². The van der Waals surface area contributed by atoms with E-state index in [0.717, 1.165) is 11.1 Å². The van der Waals surface area contributed by atoms with Crippen LogP contribution < -0.4 is 0 Å². The monoisotopic (exact) mass is 622 g/mol. The van der Waals surface area contributed by atoms with Crippen molar-refractivity contribution in [3.8, 4) is 79.5 Å². The summed E-state index contributed by atoms with van der Waals surface area (Å²) in [5.74, 6) is 2.95. The lowest BCUT2D eigenvalue weighted by Gasteiger charge is -2.18. The number of hydrogen-bond acceptors (Lipinski definition) is 12. The van der Waals surface area contributed by atoms with Gasteiger partial charge in [0.15, 0.2) is 34.9 Å². The first kappa shape index (κ1) is 28.4. The highest BCUT2D eigenvalue weighted by Crippen LogP contribution is 2.44. The van der Waals surface area contributed by atoms with E-state index in [0.29, 0.717) is 68.3 Å². The van der Waals surface area contributed by atoms with Gasteiger partial charge in [-0.25, -0.2) is 59.8 Å². The summed E-state index contributed by atoms with van der Waals surface area (Å²) in [6.45, 7) is 0. The summed E-state index contributed by atoms with van der Waals surface area (Å²) >= 11 is 0. The molecule has 0 aliphatic rings. The maximum atomic E-state index is 4.62. The Hall–Kier alpha value is -7.08. The van der Waals surface area contributed by atoms with E-state index < -0.39 is 0 Å². The van der Waals surface area contributed by atoms with Crippen molar-refractivity contribution in [1.82, 2.24) is 59.8 Å². The lowest BCUT2D eigenvalue weighted by molar-refractivity contribution is 1.14. The van der Waals surface area contributed by atoms with Crippen LogP contribution in [0, 0.1) is 0 Å². The fourth-order valence-electron chi connectivity index (χ4n) is 5.41. The quantitative estimate of drug-likeness (QED) is 0.202. The maximum absolute atomic E-state index is 4.62. The molecule has 0 amide bonds. The van der Waals surface area contributed by atoms with Gasteiger partial charge < -0.3 is 0 Å². The summed E-state index contributed by atoms with van der Waals surface area (Å²) in [5.41, 5.74) is 5.83. The van der Waals surface area contributed by atoms with E-state index >= 15 is 0 Å². The highest BCUT2D eigenvalue weighted by molar-refractivity contribution is 5.97. The summed E-state index contributed by atoms with van der Waals surface area (Å²) in [5, 5.41) is 0. The molecule has 0 aliphatic heterocycles. The largest absolute Gasteiger partial charge is 0.237 e. The fraction of sp³-hybridized carbons (Fsp3) is 0. The first-order valence-electron chi connectivity index (χ1n) is 14.8. The predicted octanol–water partition coefficient (Wildman–Crippen LogP) is 6.10. The molecule has 8 aromatic rings. The molecule has 0 atom stereocenters. The van der Waals surface area contributed by atoms with Crippen LogP contribution in [0.25, 0.3) is 79.5 Å². The lowest BCUT2D eigenvalue weighted by Crippen LogP contribution is -2.02. The van der Waals surface area contributed by atoms with Gasteiger partial charge in [-0.1, -0.05) is 0 Å². The zero-order valence-electron chi connectivity index (χ0n) is 25.1. The van der Waals surface area contributed by atoms with Crippen molar-refractivity contribution < 1.29 is 0 Å². The van der Waals surface area contributed by atoms with Crippen molar-refractivity contribution in [2.24, 2.45) is 0 Å². The second-order valence-corrected chi connectivity index (χ2v) is 10.3. The van der Waals surface area contributed by atoms with Crippen molar-refractivity contribution >= 4 is 0 Å². The standard InChI is InChI=1S/C36H22N12/c1-7-37-31(38-8-1)25-19-23(20-26(32-39-9-2-10-40-32)29(25)35-45-15-5-16-46-35)24-21-27(33-41-11-3-12-42-33)30(36-47-17-6-18-48-36)28(22-24)34-43-13-4-14-44-34/h1-22H. The van der Waals surface area contributed by atoms with Crippen molar-refractivity contribution in [1.29, 1.82) is 0 Å². The molecule has 12 heteroatoms. The molecule has 226 valence electrons. The molecule has 0 N–H and O–H groups in total. The first-order chi connectivity index (χ1) is 23.8. The topological polar surface area (TPSA) is 155 Å². The van der Waals surface area contributed by atoms with Crippen LogP contribution in [-0.4, -0.2) is 59.8 Å². The van der Waals surface area contributed by atoms with E-state index in [-0.39, 0.29) is 0 Å². The Balaban J connectivity index is 1.48. The van der Waals surface area contributed by atoms with Crippen LogP contribution in [-0.2, 0) is 0 Å². The minimum Gasteiger partial charge on any atom is -0.237 e. The van der Waals surface area contributed by atoms with E-state index in [1.54, 1.807) is 111 Å². The molecular formula is C36H22N12. The Kier molecular flexibility index (Phi) is 7.53. The van der Waals surface area contributed by atoms with E-state index in [1.807, 2.05) is 24.3 Å². The van der Waals surface area contributed by atoms with Crippen LogP contribution >= 0.6 is 0 Å². The summed E-state index contributed by atoms with van der Waals surface area (Å²) in [6.07, 6.45) is 20.4. The van der Waals surface area contributed by atoms with Crippen LogP contribution in [0.4, 0.5) is 0 Å². The molecule has 0 spiro atoms. The van der Waals surface area contributed by atoms with Gasteiger partial charge in [-0.2, -0.15) is 0 Å². The molecule has 0 unspecified atom stereocenters. The first-order valence-corrected chi connectivity index (χ1v) is 14.8. The summed E-state index contributed by atoms with van der Waals surface area (Å²) in [6, 6.07) is 18.7. The van der Waals surface area contributed by atoms with Crippen LogP contribution in [0.1, 0.15) is 0 Å². The van der Waals surface area contributed by atoms with E-state index in [1.165, 1.54) is 0 Å². The minimum atomic E-state index is 0.488. The predicted molar refractivity (Wildman–Crippen MR) is 178 cm³/mol. The summed E-state index contributed by atoms with van der Waals surface area (Å²) < 4.78 is 0. The number of aromatic nitrogens is 12. The molecule has 0 saturated carbocycles. The average Bonchev–Trinajstić information content (AvgIpc) is 3.19. The number of hydrogen-bond donors (Lipinski definition) is 0. The van der Waals surface area contributed by atoms with Crippen molar-refractivity contribution in [3.05, 3.63) is 135 Å². The van der Waals surface area contributed by atoms with Crippen LogP contribution in [0.5, 0.6) is 0 Å². The van der Waals surface area contributed by atoms with Gasteiger partial charge in [-0.05, 0) is 71.8 Å². The molecule has 6 heterocycles. The molecule has 0 aliphatic carbocycles. The van der Waals surface area contributed by atoms with Crippen LogP contribution in [0.2, 0.25) is 0 Å². The highest BCUT2D eigenvalue weighted by Gasteiger charge is 2.25. The second kappa shape index (κ2) is 12.7. The lowest BCUT2D eigenvalue weighted by atomic mass is 9.89. The average molecular weight is 623 g/mol. The Morgan fingerprint density at radius 3 is 0.625 bits per heavy atom. The SMILES string of the molecule is c1cnc(-c2cc(-c3cc(-c4ncccn4)c(-c4ncccn4)c(-c4ncccn4)c3)cc(-c3ncccn3)c2-c2ncccn2)nc1. The zero-order valence-corrected chi connectivity index (χ0v) is 25.1. The molecule has 12 nitrogen and oxygen atoms in total. The van der Waals surface area contributed by atoms with Crippen molar-refractivity contribution in [3.63, 3.8) is 0 Å². The van der Waals surface area contributed by atoms with Crippen molar-refractivity contribution in [2.75, 3.05) is 0 Å². The third kappa shape index (κ3) is 5.49. The van der Waals surface area contributed by atoms with Gasteiger partial charge >= 0.3 is 0 Å². The zero-order chi connectivity index (χ0) is 32.1. The number of benzene rings is 2. The Bertz CT molecular complexity index is 2020. The van der Waals surface area contributed by atoms with E-state index in [9.17, 15) is 0 Å². The molecule has 2 aromatic carbocycles. The number of rotatable bonds is 7. The van der Waals surface area contributed by atoms with E-state index in [4.69, 9.17) is 0 Å². The fourth-order valence-corrected chi connectivity index (χ4v) is 5.41.